The highest BCUT2D eigenvalue weighted by molar-refractivity contribution is 5.91. The van der Waals surface area contributed by atoms with Crippen LogP contribution in [0.15, 0.2) is 39.8 Å². The molecule has 1 aromatic heterocycles. The molecule has 29 heavy (non-hydrogen) atoms. The second-order valence-electron chi connectivity index (χ2n) is 10.4. The minimum atomic E-state index is -0.874. The Hall–Kier alpha value is -1.72. The fourth-order valence-corrected chi connectivity index (χ4v) is 7.81. The van der Waals surface area contributed by atoms with Gasteiger partial charge in [-0.2, -0.15) is 0 Å². The number of hydrogen-bond donors (Lipinski definition) is 2. The second-order valence-corrected chi connectivity index (χ2v) is 10.4. The number of fused-ring (bicyclic) bond motifs is 5. The van der Waals surface area contributed by atoms with Gasteiger partial charge in [0.15, 0.2) is 5.78 Å². The summed E-state index contributed by atoms with van der Waals surface area (Å²) in [5, 5.41) is 23.5. The lowest BCUT2D eigenvalue weighted by Gasteiger charge is -2.63. The maximum Gasteiger partial charge on any atom is 0.335 e. The van der Waals surface area contributed by atoms with Crippen LogP contribution in [0.2, 0.25) is 0 Å². The number of aliphatic hydroxyl groups excluding tert-OH is 1. The molecule has 5 rings (SSSR count). The maximum absolute atomic E-state index is 12.1. The topological polar surface area (TPSA) is 87.7 Å². The number of hydrogen-bond acceptors (Lipinski definition) is 5. The van der Waals surface area contributed by atoms with E-state index in [4.69, 9.17) is 4.42 Å². The molecule has 5 heteroatoms. The Balaban J connectivity index is 1.56. The highest BCUT2D eigenvalue weighted by Crippen LogP contribution is 2.69. The number of carbonyl (C=O) groups excluding carboxylic acids is 1. The fourth-order valence-electron chi connectivity index (χ4n) is 7.81. The molecule has 1 heterocycles. The number of ketones is 1. The summed E-state index contributed by atoms with van der Waals surface area (Å²) in [6, 6.07) is 3.24. The lowest BCUT2D eigenvalue weighted by atomic mass is 9.43. The van der Waals surface area contributed by atoms with Crippen LogP contribution in [0.3, 0.4) is 0 Å². The third kappa shape index (κ3) is 2.46. The summed E-state index contributed by atoms with van der Waals surface area (Å²) in [5.74, 6) is 0.407. The fraction of sp³-hybridized carbons (Fsp3) is 0.667. The normalized spacial score (nSPS) is 48.7. The Labute approximate surface area is 170 Å². The van der Waals surface area contributed by atoms with Crippen molar-refractivity contribution < 1.29 is 19.4 Å². The van der Waals surface area contributed by atoms with E-state index in [2.05, 4.69) is 13.8 Å². The van der Waals surface area contributed by atoms with Crippen molar-refractivity contribution in [1.29, 1.82) is 0 Å². The second kappa shape index (κ2) is 6.14. The zero-order valence-corrected chi connectivity index (χ0v) is 17.1. The van der Waals surface area contributed by atoms with Crippen LogP contribution in [0.25, 0.3) is 0 Å². The van der Waals surface area contributed by atoms with E-state index in [1.54, 1.807) is 12.1 Å². The van der Waals surface area contributed by atoms with Crippen LogP contribution in [-0.2, 0) is 4.79 Å². The molecule has 0 bridgehead atoms. The van der Waals surface area contributed by atoms with Crippen molar-refractivity contribution in [3.8, 4) is 0 Å². The van der Waals surface area contributed by atoms with E-state index < -0.39 is 17.1 Å². The summed E-state index contributed by atoms with van der Waals surface area (Å²) in [5.41, 5.74) is -1.06. The molecular formula is C24H30O5. The van der Waals surface area contributed by atoms with Crippen molar-refractivity contribution in [2.45, 2.75) is 70.0 Å². The number of carbonyl (C=O) groups is 1. The van der Waals surface area contributed by atoms with Gasteiger partial charge < -0.3 is 14.6 Å². The zero-order chi connectivity index (χ0) is 20.6. The average molecular weight is 398 g/mol. The van der Waals surface area contributed by atoms with Gasteiger partial charge in [-0.3, -0.25) is 4.79 Å². The summed E-state index contributed by atoms with van der Waals surface area (Å²) in [6.45, 7) is 4.27. The molecule has 156 valence electrons. The predicted octanol–water partition coefficient (Wildman–Crippen LogP) is 3.20. The van der Waals surface area contributed by atoms with E-state index in [0.717, 1.165) is 24.8 Å². The lowest BCUT2D eigenvalue weighted by molar-refractivity contribution is -0.224. The quantitative estimate of drug-likeness (QED) is 0.759. The van der Waals surface area contributed by atoms with Crippen molar-refractivity contribution in [3.63, 3.8) is 0 Å². The Morgan fingerprint density at radius 2 is 1.93 bits per heavy atom. The molecule has 2 N–H and O–H groups in total. The molecule has 0 aromatic carbocycles. The minimum absolute atomic E-state index is 0.00364. The van der Waals surface area contributed by atoms with Gasteiger partial charge in [-0.15, -0.1) is 0 Å². The highest BCUT2D eigenvalue weighted by Gasteiger charge is 2.69. The van der Waals surface area contributed by atoms with Crippen LogP contribution < -0.4 is 5.63 Å². The summed E-state index contributed by atoms with van der Waals surface area (Å²) in [6.07, 6.45) is 9.00. The first kappa shape index (κ1) is 19.3. The average Bonchev–Trinajstić information content (AvgIpc) is 2.94. The van der Waals surface area contributed by atoms with Gasteiger partial charge in [0.2, 0.25) is 0 Å². The predicted molar refractivity (Wildman–Crippen MR) is 107 cm³/mol. The number of allylic oxidation sites excluding steroid dienone is 2. The van der Waals surface area contributed by atoms with Crippen LogP contribution in [-0.4, -0.2) is 27.7 Å². The van der Waals surface area contributed by atoms with Gasteiger partial charge in [-0.1, -0.05) is 19.9 Å². The molecular weight excluding hydrogens is 368 g/mol. The first-order chi connectivity index (χ1) is 13.7. The molecule has 0 saturated heterocycles. The smallest absolute Gasteiger partial charge is 0.335 e. The van der Waals surface area contributed by atoms with Crippen molar-refractivity contribution in [3.05, 3.63) is 46.5 Å². The Kier molecular flexibility index (Phi) is 4.08. The molecule has 4 aliphatic carbocycles. The van der Waals surface area contributed by atoms with E-state index in [-0.39, 0.29) is 40.5 Å². The first-order valence-corrected chi connectivity index (χ1v) is 10.9. The molecule has 4 aliphatic rings. The first-order valence-electron chi connectivity index (χ1n) is 10.9. The van der Waals surface area contributed by atoms with Crippen LogP contribution in [0.4, 0.5) is 0 Å². The molecule has 0 aliphatic heterocycles. The molecule has 5 nitrogen and oxygen atoms in total. The number of aliphatic hydroxyl groups is 2. The van der Waals surface area contributed by atoms with E-state index in [1.807, 2.05) is 6.08 Å². The van der Waals surface area contributed by atoms with Crippen molar-refractivity contribution in [2.75, 3.05) is 0 Å². The molecule has 0 spiro atoms. The van der Waals surface area contributed by atoms with E-state index in [0.29, 0.717) is 19.3 Å². The van der Waals surface area contributed by atoms with E-state index in [1.165, 1.54) is 12.3 Å². The summed E-state index contributed by atoms with van der Waals surface area (Å²) in [4.78, 5) is 23.4. The molecule has 3 fully saturated rings. The molecule has 8 atom stereocenters. The Bertz CT molecular complexity index is 913. The van der Waals surface area contributed by atoms with Crippen molar-refractivity contribution in [2.24, 2.45) is 28.6 Å². The largest absolute Gasteiger partial charge is 0.431 e. The summed E-state index contributed by atoms with van der Waals surface area (Å²) >= 11 is 0. The standard InChI is InChI=1S/C24H30O5/c1-22-9-7-16(25)11-15(22)4-5-18-21(22)19(26)12-23(2)17(8-10-24(18,23)28)14-3-6-20(27)29-13-14/h3,6-7,9,13,15,17-19,21,26,28H,4-5,8,10-12H2,1-2H3. The van der Waals surface area contributed by atoms with Crippen LogP contribution in [0.1, 0.15) is 63.9 Å². The van der Waals surface area contributed by atoms with Crippen molar-refractivity contribution in [1.82, 2.24) is 0 Å². The van der Waals surface area contributed by atoms with E-state index in [9.17, 15) is 19.8 Å². The van der Waals surface area contributed by atoms with Crippen LogP contribution >= 0.6 is 0 Å². The monoisotopic (exact) mass is 398 g/mol. The molecule has 0 radical (unpaired) electrons. The van der Waals surface area contributed by atoms with Crippen LogP contribution in [0, 0.1) is 28.6 Å². The van der Waals surface area contributed by atoms with Crippen LogP contribution in [0.5, 0.6) is 0 Å². The van der Waals surface area contributed by atoms with Gasteiger partial charge >= 0.3 is 5.63 Å². The van der Waals surface area contributed by atoms with Crippen molar-refractivity contribution >= 4 is 5.78 Å². The molecule has 8 unspecified atom stereocenters. The van der Waals surface area contributed by atoms with E-state index >= 15 is 0 Å². The highest BCUT2D eigenvalue weighted by atomic mass is 16.4. The minimum Gasteiger partial charge on any atom is -0.431 e. The molecule has 3 saturated carbocycles. The van der Waals surface area contributed by atoms with Gasteiger partial charge in [0.25, 0.3) is 0 Å². The molecule has 1 aromatic rings. The third-order valence-electron chi connectivity index (χ3n) is 9.29. The molecule has 0 amide bonds. The number of rotatable bonds is 1. The Morgan fingerprint density at radius 3 is 2.66 bits per heavy atom. The Morgan fingerprint density at radius 1 is 1.14 bits per heavy atom. The lowest BCUT2D eigenvalue weighted by Crippen LogP contribution is -2.65. The zero-order valence-electron chi connectivity index (χ0n) is 17.1. The van der Waals surface area contributed by atoms with Gasteiger partial charge in [-0.25, -0.2) is 4.79 Å². The maximum atomic E-state index is 12.1. The van der Waals surface area contributed by atoms with Gasteiger partial charge in [0, 0.05) is 17.9 Å². The van der Waals surface area contributed by atoms with Gasteiger partial charge in [0.05, 0.1) is 18.0 Å². The van der Waals surface area contributed by atoms with Gasteiger partial charge in [-0.05, 0) is 78.9 Å². The third-order valence-corrected chi connectivity index (χ3v) is 9.29. The summed E-state index contributed by atoms with van der Waals surface area (Å²) < 4.78 is 5.12. The summed E-state index contributed by atoms with van der Waals surface area (Å²) in [7, 11) is 0. The SMILES string of the molecule is CC12C=CC(=O)CC1CCC1C2C(O)CC2(C)C(c3ccc(=O)oc3)CCC12O. The van der Waals surface area contributed by atoms with Gasteiger partial charge in [0.1, 0.15) is 0 Å².